The van der Waals surface area contributed by atoms with Gasteiger partial charge in [0.15, 0.2) is 22.7 Å². The van der Waals surface area contributed by atoms with Gasteiger partial charge in [-0.2, -0.15) is 0 Å². The third-order valence-corrected chi connectivity index (χ3v) is 4.91. The van der Waals surface area contributed by atoms with Crippen LogP contribution in [0.4, 0.5) is 10.1 Å². The van der Waals surface area contributed by atoms with Crippen LogP contribution in [-0.4, -0.2) is 43.7 Å². The molecule has 1 amide bonds. The predicted octanol–water partition coefficient (Wildman–Crippen LogP) is 1.59. The summed E-state index contributed by atoms with van der Waals surface area (Å²) in [5, 5.41) is 10.5. The molecule has 0 saturated heterocycles. The lowest BCUT2D eigenvalue weighted by molar-refractivity contribution is -0.116. The van der Waals surface area contributed by atoms with Crippen LogP contribution in [0.25, 0.3) is 11.2 Å². The summed E-state index contributed by atoms with van der Waals surface area (Å²) in [4.78, 5) is 29.4. The number of rotatable bonds is 5. The Morgan fingerprint density at radius 3 is 2.78 bits per heavy atom. The molecule has 5 rings (SSSR count). The highest BCUT2D eigenvalue weighted by atomic mass is 19.1. The second-order valence-corrected chi connectivity index (χ2v) is 7.09. The molecular weight excluding hydrogens is 419 g/mol. The van der Waals surface area contributed by atoms with Crippen LogP contribution in [0.2, 0.25) is 0 Å². The molecule has 2 aromatic carbocycles. The molecular formula is C21H17FN6O4. The summed E-state index contributed by atoms with van der Waals surface area (Å²) in [6, 6.07) is 11.3. The van der Waals surface area contributed by atoms with Gasteiger partial charge in [0.25, 0.3) is 5.56 Å². The first-order chi connectivity index (χ1) is 15.6. The van der Waals surface area contributed by atoms with Gasteiger partial charge in [-0.25, -0.2) is 14.1 Å². The van der Waals surface area contributed by atoms with Gasteiger partial charge in [-0.3, -0.25) is 14.2 Å². The fraction of sp³-hybridized carbons (Fsp3) is 0.190. The van der Waals surface area contributed by atoms with Crippen LogP contribution in [0.3, 0.4) is 0 Å². The van der Waals surface area contributed by atoms with Crippen molar-refractivity contribution >= 4 is 22.8 Å². The highest BCUT2D eigenvalue weighted by molar-refractivity contribution is 5.91. The summed E-state index contributed by atoms with van der Waals surface area (Å²) in [7, 11) is 0. The Morgan fingerprint density at radius 1 is 1.12 bits per heavy atom. The number of benzene rings is 2. The van der Waals surface area contributed by atoms with Gasteiger partial charge >= 0.3 is 0 Å². The third kappa shape index (κ3) is 3.75. The second-order valence-electron chi connectivity index (χ2n) is 7.09. The Morgan fingerprint density at radius 2 is 1.94 bits per heavy atom. The molecule has 2 aromatic heterocycles. The van der Waals surface area contributed by atoms with Crippen molar-refractivity contribution in [2.24, 2.45) is 0 Å². The van der Waals surface area contributed by atoms with Crippen molar-refractivity contribution in [1.29, 1.82) is 0 Å². The molecule has 0 atom stereocenters. The lowest BCUT2D eigenvalue weighted by atomic mass is 10.2. The standard InChI is InChI=1S/C21H17FN6O4/c22-15-4-2-1-3-13(15)10-28-20-19(25-26-28)21(30)27(12-23-20)11-18(29)24-14-5-6-16-17(9-14)32-8-7-31-16/h1-6,9,12H,7-8,10-11H2,(H,24,29). The van der Waals surface area contributed by atoms with E-state index >= 15 is 0 Å². The summed E-state index contributed by atoms with van der Waals surface area (Å²) in [5.74, 6) is 0.336. The summed E-state index contributed by atoms with van der Waals surface area (Å²) >= 11 is 0. The Kier molecular flexibility index (Phi) is 4.98. The molecule has 0 fully saturated rings. The van der Waals surface area contributed by atoms with Gasteiger partial charge < -0.3 is 14.8 Å². The largest absolute Gasteiger partial charge is 0.486 e. The molecule has 0 radical (unpaired) electrons. The number of ether oxygens (including phenoxy) is 2. The molecule has 1 aliphatic rings. The number of hydrogen-bond acceptors (Lipinski definition) is 7. The molecule has 10 nitrogen and oxygen atoms in total. The van der Waals surface area contributed by atoms with Crippen molar-refractivity contribution < 1.29 is 18.7 Å². The van der Waals surface area contributed by atoms with Crippen LogP contribution in [0.15, 0.2) is 53.6 Å². The van der Waals surface area contributed by atoms with Crippen LogP contribution in [0.5, 0.6) is 11.5 Å². The van der Waals surface area contributed by atoms with Crippen LogP contribution in [0.1, 0.15) is 5.56 Å². The van der Waals surface area contributed by atoms with E-state index in [4.69, 9.17) is 9.47 Å². The monoisotopic (exact) mass is 436 g/mol. The Balaban J connectivity index is 1.34. The van der Waals surface area contributed by atoms with E-state index in [1.807, 2.05) is 0 Å². The number of amides is 1. The van der Waals surface area contributed by atoms with Crippen molar-refractivity contribution in [2.75, 3.05) is 18.5 Å². The lowest BCUT2D eigenvalue weighted by Crippen LogP contribution is -2.28. The summed E-state index contributed by atoms with van der Waals surface area (Å²) in [5.41, 5.74) is 0.589. The molecule has 0 unspecified atom stereocenters. The van der Waals surface area contributed by atoms with E-state index in [9.17, 15) is 14.0 Å². The Bertz CT molecular complexity index is 1380. The summed E-state index contributed by atoms with van der Waals surface area (Å²) in [6.07, 6.45) is 1.25. The van der Waals surface area contributed by atoms with Crippen molar-refractivity contribution in [3.8, 4) is 11.5 Å². The van der Waals surface area contributed by atoms with Gasteiger partial charge in [0.2, 0.25) is 5.91 Å². The third-order valence-electron chi connectivity index (χ3n) is 4.91. The van der Waals surface area contributed by atoms with E-state index in [0.29, 0.717) is 36.0 Å². The van der Waals surface area contributed by atoms with Gasteiger partial charge in [-0.15, -0.1) is 5.10 Å². The van der Waals surface area contributed by atoms with Crippen LogP contribution < -0.4 is 20.3 Å². The molecule has 4 aromatic rings. The lowest BCUT2D eigenvalue weighted by Gasteiger charge is -2.19. The van der Waals surface area contributed by atoms with Gasteiger partial charge in [-0.05, 0) is 18.2 Å². The number of hydrogen-bond donors (Lipinski definition) is 1. The topological polar surface area (TPSA) is 113 Å². The number of nitrogens with one attached hydrogen (secondary N) is 1. The molecule has 3 heterocycles. The number of carbonyl (C=O) groups is 1. The summed E-state index contributed by atoms with van der Waals surface area (Å²) in [6.45, 7) is 0.714. The Hall–Kier alpha value is -4.28. The average molecular weight is 436 g/mol. The molecule has 0 bridgehead atoms. The zero-order valence-electron chi connectivity index (χ0n) is 16.7. The maximum Gasteiger partial charge on any atom is 0.283 e. The predicted molar refractivity (Wildman–Crippen MR) is 111 cm³/mol. The van der Waals surface area contributed by atoms with E-state index in [1.165, 1.54) is 17.1 Å². The zero-order valence-corrected chi connectivity index (χ0v) is 16.7. The summed E-state index contributed by atoms with van der Waals surface area (Å²) < 4.78 is 27.4. The first kappa shape index (κ1) is 19.7. The molecule has 1 N–H and O–H groups in total. The number of anilines is 1. The van der Waals surface area contributed by atoms with Gasteiger partial charge in [0, 0.05) is 17.3 Å². The molecule has 11 heteroatoms. The number of carbonyl (C=O) groups excluding carboxylic acids is 1. The number of nitrogens with zero attached hydrogens (tertiary/aromatic N) is 5. The van der Waals surface area contributed by atoms with E-state index < -0.39 is 11.5 Å². The molecule has 0 saturated carbocycles. The molecule has 0 aliphatic carbocycles. The minimum absolute atomic E-state index is 0.00373. The van der Waals surface area contributed by atoms with Crippen LogP contribution in [0, 0.1) is 5.82 Å². The quantitative estimate of drug-likeness (QED) is 0.505. The smallest absolute Gasteiger partial charge is 0.283 e. The number of halogens is 1. The van der Waals surface area contributed by atoms with E-state index in [2.05, 4.69) is 20.6 Å². The van der Waals surface area contributed by atoms with Gasteiger partial charge in [0.05, 0.1) is 6.54 Å². The molecule has 162 valence electrons. The molecule has 1 aliphatic heterocycles. The van der Waals surface area contributed by atoms with Crippen molar-refractivity contribution in [3.63, 3.8) is 0 Å². The minimum Gasteiger partial charge on any atom is -0.486 e. The maximum atomic E-state index is 13.9. The fourth-order valence-corrected chi connectivity index (χ4v) is 3.37. The van der Waals surface area contributed by atoms with Crippen molar-refractivity contribution in [1.82, 2.24) is 24.5 Å². The average Bonchev–Trinajstić information content (AvgIpc) is 3.20. The van der Waals surface area contributed by atoms with E-state index in [0.717, 1.165) is 4.57 Å². The maximum absolute atomic E-state index is 13.9. The first-order valence-corrected chi connectivity index (χ1v) is 9.80. The van der Waals surface area contributed by atoms with Crippen molar-refractivity contribution in [3.05, 3.63) is 70.5 Å². The Labute approximate surface area is 180 Å². The van der Waals surface area contributed by atoms with E-state index in [1.54, 1.807) is 36.4 Å². The normalized spacial score (nSPS) is 12.7. The number of fused-ring (bicyclic) bond motifs is 2. The van der Waals surface area contributed by atoms with Gasteiger partial charge in [0.1, 0.15) is 31.9 Å². The second kappa shape index (κ2) is 8.10. The van der Waals surface area contributed by atoms with Crippen LogP contribution >= 0.6 is 0 Å². The van der Waals surface area contributed by atoms with Crippen LogP contribution in [-0.2, 0) is 17.9 Å². The van der Waals surface area contributed by atoms with Crippen molar-refractivity contribution in [2.45, 2.75) is 13.1 Å². The molecule has 0 spiro atoms. The highest BCUT2D eigenvalue weighted by Crippen LogP contribution is 2.32. The highest BCUT2D eigenvalue weighted by Gasteiger charge is 2.16. The zero-order chi connectivity index (χ0) is 22.1. The first-order valence-electron chi connectivity index (χ1n) is 9.80. The van der Waals surface area contributed by atoms with Gasteiger partial charge in [-0.1, -0.05) is 23.4 Å². The minimum atomic E-state index is -0.521. The van der Waals surface area contributed by atoms with E-state index in [-0.39, 0.29) is 30.1 Å². The fourth-order valence-electron chi connectivity index (χ4n) is 3.37. The SMILES string of the molecule is O=C(Cn1cnc2c(nnn2Cc2ccccc2F)c1=O)Nc1ccc2c(c1)OCCO2. The molecule has 32 heavy (non-hydrogen) atoms. The number of aromatic nitrogens is 5.